The van der Waals surface area contributed by atoms with Gasteiger partial charge in [-0.3, -0.25) is 0 Å². The van der Waals surface area contributed by atoms with Crippen molar-refractivity contribution in [3.05, 3.63) is 24.3 Å². The molecule has 1 rings (SSSR count). The van der Waals surface area contributed by atoms with E-state index in [0.29, 0.717) is 6.54 Å². The van der Waals surface area contributed by atoms with Crippen molar-refractivity contribution in [2.45, 2.75) is 19.6 Å². The van der Waals surface area contributed by atoms with E-state index in [2.05, 4.69) is 0 Å². The Balaban J connectivity index is 2.44. The first kappa shape index (κ1) is 12.0. The predicted molar refractivity (Wildman–Crippen MR) is 62.7 cm³/mol. The van der Waals surface area contributed by atoms with Crippen LogP contribution in [0.4, 0.5) is 5.69 Å². The molecule has 1 unspecified atom stereocenters. The molecule has 1 radical (unpaired) electrons. The highest BCUT2D eigenvalue weighted by atomic mass is 28.3. The molecule has 1 aromatic rings. The van der Waals surface area contributed by atoms with Crippen LogP contribution in [0.1, 0.15) is 6.92 Å². The third kappa shape index (κ3) is 4.33. The summed E-state index contributed by atoms with van der Waals surface area (Å²) in [6.45, 7) is 4.38. The summed E-state index contributed by atoms with van der Waals surface area (Å²) in [5.74, 6) is 0.782. The molecule has 0 heterocycles. The predicted octanol–water partition coefficient (Wildman–Crippen LogP) is 1.13. The van der Waals surface area contributed by atoms with E-state index >= 15 is 0 Å². The summed E-state index contributed by atoms with van der Waals surface area (Å²) in [6.07, 6.45) is 0.0395. The zero-order chi connectivity index (χ0) is 11.3. The highest BCUT2D eigenvalue weighted by Gasteiger charge is 2.13. The molecular formula is C10H17N2O2Si. The van der Waals surface area contributed by atoms with Crippen LogP contribution in [0.3, 0.4) is 0 Å². The summed E-state index contributed by atoms with van der Waals surface area (Å²) >= 11 is 0. The summed E-state index contributed by atoms with van der Waals surface area (Å²) in [5.41, 5.74) is 11.7. The van der Waals surface area contributed by atoms with E-state index in [9.17, 15) is 0 Å². The Morgan fingerprint density at radius 1 is 1.33 bits per heavy atom. The summed E-state index contributed by atoms with van der Waals surface area (Å²) in [5, 5.41) is 0. The van der Waals surface area contributed by atoms with E-state index in [-0.39, 0.29) is 6.10 Å². The molecule has 0 amide bonds. The van der Waals surface area contributed by atoms with Crippen LogP contribution in [0.5, 0.6) is 5.75 Å². The fourth-order valence-electron chi connectivity index (χ4n) is 1.06. The van der Waals surface area contributed by atoms with E-state index in [1.165, 1.54) is 0 Å². The number of rotatable bonds is 5. The Hall–Kier alpha value is -1.04. The van der Waals surface area contributed by atoms with Crippen LogP contribution < -0.4 is 15.9 Å². The number of nitrogens with two attached hydrogens (primary N) is 2. The molecule has 4 nitrogen and oxygen atoms in total. The monoisotopic (exact) mass is 225 g/mol. The number of anilines is 1. The van der Waals surface area contributed by atoms with Crippen LogP contribution in [-0.2, 0) is 4.43 Å². The molecule has 15 heavy (non-hydrogen) atoms. The van der Waals surface area contributed by atoms with Gasteiger partial charge >= 0.3 is 9.28 Å². The Morgan fingerprint density at radius 2 is 1.93 bits per heavy atom. The van der Waals surface area contributed by atoms with Gasteiger partial charge in [-0.2, -0.15) is 0 Å². The van der Waals surface area contributed by atoms with Gasteiger partial charge in [-0.15, -0.1) is 0 Å². The molecule has 0 saturated heterocycles. The van der Waals surface area contributed by atoms with Gasteiger partial charge in [0.25, 0.3) is 0 Å². The van der Waals surface area contributed by atoms with Gasteiger partial charge in [-0.25, -0.2) is 0 Å². The molecule has 0 aliphatic rings. The van der Waals surface area contributed by atoms with Crippen molar-refractivity contribution in [3.8, 4) is 5.75 Å². The molecule has 1 aromatic carbocycles. The third-order valence-corrected chi connectivity index (χ3v) is 3.10. The molecule has 0 fully saturated rings. The van der Waals surface area contributed by atoms with Crippen molar-refractivity contribution < 1.29 is 8.85 Å². The molecule has 83 valence electrons. The molecule has 1 atom stereocenters. The SMILES string of the molecule is CC(CN)O[Si](C)Oc1ccc(N)cc1. The lowest BCUT2D eigenvalue weighted by molar-refractivity contribution is 0.197. The standard InChI is InChI=1S/C10H17N2O2Si/c1-8(7-11)13-15(2)14-10-5-3-9(12)4-6-10/h3-6,8H,7,11-12H2,1-2H3. The van der Waals surface area contributed by atoms with E-state index in [4.69, 9.17) is 20.3 Å². The quantitative estimate of drug-likeness (QED) is 0.582. The van der Waals surface area contributed by atoms with Gasteiger partial charge < -0.3 is 20.3 Å². The van der Waals surface area contributed by atoms with E-state index in [0.717, 1.165) is 11.4 Å². The second-order valence-corrected chi connectivity index (χ2v) is 4.75. The van der Waals surface area contributed by atoms with Gasteiger partial charge in [0.2, 0.25) is 0 Å². The normalized spacial score (nSPS) is 12.8. The minimum atomic E-state index is -1.29. The largest absolute Gasteiger partial charge is 0.519 e. The van der Waals surface area contributed by atoms with Crippen molar-refractivity contribution in [1.82, 2.24) is 0 Å². The van der Waals surface area contributed by atoms with Crippen molar-refractivity contribution in [1.29, 1.82) is 0 Å². The van der Waals surface area contributed by atoms with E-state index in [1.54, 1.807) is 12.1 Å². The maximum absolute atomic E-state index is 5.61. The molecule has 0 bridgehead atoms. The van der Waals surface area contributed by atoms with Crippen molar-refractivity contribution >= 4 is 15.0 Å². The van der Waals surface area contributed by atoms with Gasteiger partial charge in [0.15, 0.2) is 0 Å². The van der Waals surface area contributed by atoms with Crippen LogP contribution in [-0.4, -0.2) is 21.9 Å². The Morgan fingerprint density at radius 3 is 2.47 bits per heavy atom. The van der Waals surface area contributed by atoms with Gasteiger partial charge in [0.1, 0.15) is 5.75 Å². The molecular weight excluding hydrogens is 208 g/mol. The van der Waals surface area contributed by atoms with Gasteiger partial charge in [-0.1, -0.05) is 0 Å². The topological polar surface area (TPSA) is 70.5 Å². The van der Waals surface area contributed by atoms with Crippen molar-refractivity contribution in [2.75, 3.05) is 12.3 Å². The van der Waals surface area contributed by atoms with E-state index in [1.807, 2.05) is 25.6 Å². The lowest BCUT2D eigenvalue weighted by Crippen LogP contribution is -2.31. The van der Waals surface area contributed by atoms with Crippen LogP contribution in [0.15, 0.2) is 24.3 Å². The second kappa shape index (κ2) is 5.74. The maximum Gasteiger partial charge on any atom is 0.454 e. The van der Waals surface area contributed by atoms with Gasteiger partial charge in [0, 0.05) is 12.2 Å². The Kier molecular flexibility index (Phi) is 4.61. The smallest absolute Gasteiger partial charge is 0.454 e. The fraction of sp³-hybridized carbons (Fsp3) is 0.400. The number of hydrogen-bond acceptors (Lipinski definition) is 4. The number of hydrogen-bond donors (Lipinski definition) is 2. The third-order valence-electron chi connectivity index (χ3n) is 1.84. The Labute approximate surface area is 92.0 Å². The maximum atomic E-state index is 5.61. The van der Waals surface area contributed by atoms with Crippen LogP contribution >= 0.6 is 0 Å². The first-order valence-electron chi connectivity index (χ1n) is 4.85. The zero-order valence-electron chi connectivity index (χ0n) is 9.07. The lowest BCUT2D eigenvalue weighted by Gasteiger charge is -2.16. The summed E-state index contributed by atoms with van der Waals surface area (Å²) < 4.78 is 11.2. The van der Waals surface area contributed by atoms with Crippen LogP contribution in [0.25, 0.3) is 0 Å². The molecule has 0 spiro atoms. The molecule has 0 aromatic heterocycles. The highest BCUT2D eigenvalue weighted by molar-refractivity contribution is 6.43. The van der Waals surface area contributed by atoms with Crippen molar-refractivity contribution in [3.63, 3.8) is 0 Å². The molecule has 0 saturated carbocycles. The van der Waals surface area contributed by atoms with Crippen molar-refractivity contribution in [2.24, 2.45) is 5.73 Å². The summed E-state index contributed by atoms with van der Waals surface area (Å²) in [6, 6.07) is 7.27. The first-order valence-corrected chi connectivity index (χ1v) is 6.67. The molecule has 0 aliphatic heterocycles. The number of benzene rings is 1. The summed E-state index contributed by atoms with van der Waals surface area (Å²) in [4.78, 5) is 0. The summed E-state index contributed by atoms with van der Waals surface area (Å²) in [7, 11) is -1.29. The fourth-order valence-corrected chi connectivity index (χ4v) is 2.24. The minimum Gasteiger partial charge on any atom is -0.519 e. The average Bonchev–Trinajstić information content (AvgIpc) is 2.21. The van der Waals surface area contributed by atoms with Gasteiger partial charge in [-0.05, 0) is 37.7 Å². The Bertz CT molecular complexity index is 292. The van der Waals surface area contributed by atoms with Crippen LogP contribution in [0.2, 0.25) is 6.55 Å². The van der Waals surface area contributed by atoms with Gasteiger partial charge in [0.05, 0.1) is 6.10 Å². The highest BCUT2D eigenvalue weighted by Crippen LogP contribution is 2.14. The minimum absolute atomic E-state index is 0.0395. The van der Waals surface area contributed by atoms with Crippen LogP contribution in [0, 0.1) is 0 Å². The average molecular weight is 225 g/mol. The lowest BCUT2D eigenvalue weighted by atomic mass is 10.3. The molecule has 5 heteroatoms. The van der Waals surface area contributed by atoms with E-state index < -0.39 is 9.28 Å². The molecule has 4 N–H and O–H groups in total. The zero-order valence-corrected chi connectivity index (χ0v) is 10.1. The molecule has 0 aliphatic carbocycles. The number of nitrogen functional groups attached to an aromatic ring is 1. The second-order valence-electron chi connectivity index (χ2n) is 3.33. The first-order chi connectivity index (χ1) is 7.11.